The lowest BCUT2D eigenvalue weighted by Crippen LogP contribution is -2.41. The molecule has 2 atom stereocenters. The summed E-state index contributed by atoms with van der Waals surface area (Å²) in [6, 6.07) is 4.17. The Balaban J connectivity index is 3.09. The molecule has 1 aromatic carbocycles. The number of carbonyl (C=O) groups is 1. The van der Waals surface area contributed by atoms with Crippen molar-refractivity contribution in [1.82, 2.24) is 4.72 Å². The van der Waals surface area contributed by atoms with Crippen LogP contribution >= 0.6 is 0 Å². The van der Waals surface area contributed by atoms with Crippen LogP contribution in [0.5, 0.6) is 0 Å². The zero-order chi connectivity index (χ0) is 18.7. The molecule has 1 aromatic rings. The maximum Gasteiger partial charge on any atom is 0.241 e. The summed E-state index contributed by atoms with van der Waals surface area (Å²) >= 11 is 0. The van der Waals surface area contributed by atoms with E-state index in [1.54, 1.807) is 39.8 Å². The molecule has 24 heavy (non-hydrogen) atoms. The fourth-order valence-corrected chi connectivity index (χ4v) is 3.85. The maximum atomic E-state index is 12.5. The van der Waals surface area contributed by atoms with Crippen LogP contribution in [0.3, 0.4) is 0 Å². The van der Waals surface area contributed by atoms with Gasteiger partial charge < -0.3 is 11.1 Å². The summed E-state index contributed by atoms with van der Waals surface area (Å²) in [6.45, 7) is 10.9. The van der Waals surface area contributed by atoms with Gasteiger partial charge in [-0.1, -0.05) is 26.3 Å². The summed E-state index contributed by atoms with van der Waals surface area (Å²) in [6.07, 6.45) is 0.789. The Morgan fingerprint density at radius 2 is 1.88 bits per heavy atom. The predicted octanol–water partition coefficient (Wildman–Crippen LogP) is 2.38. The molecule has 0 spiro atoms. The van der Waals surface area contributed by atoms with Crippen molar-refractivity contribution < 1.29 is 13.2 Å². The Bertz CT molecular complexity index is 694. The van der Waals surface area contributed by atoms with Gasteiger partial charge in [0, 0.05) is 11.2 Å². The number of carbonyl (C=O) groups excluding carboxylic acids is 1. The molecule has 2 unspecified atom stereocenters. The van der Waals surface area contributed by atoms with Crippen LogP contribution in [0, 0.1) is 12.8 Å². The minimum atomic E-state index is -3.68. The lowest BCUT2D eigenvalue weighted by atomic mass is 9.99. The molecule has 0 aliphatic carbocycles. The molecule has 4 N–H and O–H groups in total. The first-order valence-corrected chi connectivity index (χ1v) is 9.56. The third kappa shape index (κ3) is 5.58. The van der Waals surface area contributed by atoms with Gasteiger partial charge >= 0.3 is 0 Å². The smallest absolute Gasteiger partial charge is 0.241 e. The zero-order valence-corrected chi connectivity index (χ0v) is 16.1. The highest BCUT2D eigenvalue weighted by molar-refractivity contribution is 7.89. The number of benzene rings is 1. The van der Waals surface area contributed by atoms with Gasteiger partial charge in [0.2, 0.25) is 15.9 Å². The van der Waals surface area contributed by atoms with Crippen LogP contribution < -0.4 is 15.8 Å². The van der Waals surface area contributed by atoms with Crippen LogP contribution in [-0.2, 0) is 14.8 Å². The van der Waals surface area contributed by atoms with E-state index in [0.29, 0.717) is 11.3 Å². The number of rotatable bonds is 6. The van der Waals surface area contributed by atoms with Gasteiger partial charge in [0.25, 0.3) is 0 Å². The average molecular weight is 356 g/mol. The standard InChI is InChI=1S/C17H29N3O3S/c1-7-11(2)15(18)16(21)19-13-9-8-12(3)14(10-13)24(22,23)20-17(4,5)6/h8-11,15,20H,7,18H2,1-6H3,(H,19,21). The van der Waals surface area contributed by atoms with Crippen molar-refractivity contribution in [2.75, 3.05) is 5.32 Å². The summed E-state index contributed by atoms with van der Waals surface area (Å²) in [5.74, 6) is -0.276. The number of hydrogen-bond acceptors (Lipinski definition) is 4. The van der Waals surface area contributed by atoms with Gasteiger partial charge in [-0.3, -0.25) is 4.79 Å². The molecule has 136 valence electrons. The minimum absolute atomic E-state index is 0.0428. The van der Waals surface area contributed by atoms with E-state index in [1.165, 1.54) is 6.07 Å². The summed E-state index contributed by atoms with van der Waals surface area (Å²) in [4.78, 5) is 12.3. The van der Waals surface area contributed by atoms with Crippen LogP contribution in [0.25, 0.3) is 0 Å². The van der Waals surface area contributed by atoms with Gasteiger partial charge in [-0.05, 0) is 51.3 Å². The van der Waals surface area contributed by atoms with E-state index < -0.39 is 21.6 Å². The second-order valence-corrected chi connectivity index (χ2v) is 8.89. The van der Waals surface area contributed by atoms with E-state index in [-0.39, 0.29) is 16.7 Å². The zero-order valence-electron chi connectivity index (χ0n) is 15.3. The molecule has 0 heterocycles. The third-order valence-corrected chi connectivity index (χ3v) is 5.65. The number of amides is 1. The molecule has 7 heteroatoms. The predicted molar refractivity (Wildman–Crippen MR) is 97.3 cm³/mol. The fourth-order valence-electron chi connectivity index (χ4n) is 2.16. The lowest BCUT2D eigenvalue weighted by molar-refractivity contribution is -0.118. The molecule has 0 saturated heterocycles. The van der Waals surface area contributed by atoms with E-state index in [4.69, 9.17) is 5.73 Å². The quantitative estimate of drug-likeness (QED) is 0.729. The van der Waals surface area contributed by atoms with Gasteiger partial charge in [0.05, 0.1) is 10.9 Å². The van der Waals surface area contributed by atoms with Crippen LogP contribution in [0.4, 0.5) is 5.69 Å². The number of sulfonamides is 1. The number of nitrogens with two attached hydrogens (primary N) is 1. The largest absolute Gasteiger partial charge is 0.325 e. The minimum Gasteiger partial charge on any atom is -0.325 e. The number of aryl methyl sites for hydroxylation is 1. The molecule has 0 aliphatic rings. The van der Waals surface area contributed by atoms with Crippen molar-refractivity contribution in [3.8, 4) is 0 Å². The van der Waals surface area contributed by atoms with E-state index in [1.807, 2.05) is 13.8 Å². The average Bonchev–Trinajstić information content (AvgIpc) is 2.44. The first kappa shape index (κ1) is 20.6. The molecule has 0 saturated carbocycles. The van der Waals surface area contributed by atoms with Gasteiger partial charge in [-0.25, -0.2) is 13.1 Å². The summed E-state index contributed by atoms with van der Waals surface area (Å²) in [7, 11) is -3.68. The molecule has 0 radical (unpaired) electrons. The molecule has 0 fully saturated rings. The Morgan fingerprint density at radius 1 is 1.29 bits per heavy atom. The first-order chi connectivity index (χ1) is 10.9. The van der Waals surface area contributed by atoms with E-state index >= 15 is 0 Å². The topological polar surface area (TPSA) is 101 Å². The highest BCUT2D eigenvalue weighted by atomic mass is 32.2. The van der Waals surface area contributed by atoms with E-state index in [9.17, 15) is 13.2 Å². The van der Waals surface area contributed by atoms with E-state index in [0.717, 1.165) is 6.42 Å². The Labute approximate surface area is 145 Å². The molecule has 1 rings (SSSR count). The summed E-state index contributed by atoms with van der Waals surface area (Å²) in [5, 5.41) is 2.70. The SMILES string of the molecule is CCC(C)C(N)C(=O)Nc1ccc(C)c(S(=O)(=O)NC(C)(C)C)c1. The molecule has 0 bridgehead atoms. The van der Waals surface area contributed by atoms with Crippen LogP contribution in [-0.4, -0.2) is 25.9 Å². The Hall–Kier alpha value is -1.44. The number of hydrogen-bond donors (Lipinski definition) is 3. The molecule has 1 amide bonds. The molecule has 6 nitrogen and oxygen atoms in total. The number of nitrogens with one attached hydrogen (secondary N) is 2. The second kappa shape index (κ2) is 7.63. The molecule has 0 aromatic heterocycles. The molecular weight excluding hydrogens is 326 g/mol. The van der Waals surface area contributed by atoms with Crippen molar-refractivity contribution in [3.63, 3.8) is 0 Å². The summed E-state index contributed by atoms with van der Waals surface area (Å²) < 4.78 is 27.7. The van der Waals surface area contributed by atoms with Crippen molar-refractivity contribution in [2.45, 2.75) is 64.4 Å². The van der Waals surface area contributed by atoms with Crippen LogP contribution in [0.15, 0.2) is 23.1 Å². The van der Waals surface area contributed by atoms with Gasteiger partial charge in [-0.2, -0.15) is 0 Å². The second-order valence-electron chi connectivity index (χ2n) is 7.24. The summed E-state index contributed by atoms with van der Waals surface area (Å²) in [5.41, 5.74) is 6.34. The monoisotopic (exact) mass is 355 g/mol. The van der Waals surface area contributed by atoms with Gasteiger partial charge in [0.15, 0.2) is 0 Å². The molecular formula is C17H29N3O3S. The first-order valence-electron chi connectivity index (χ1n) is 8.08. The van der Waals surface area contributed by atoms with Crippen molar-refractivity contribution >= 4 is 21.6 Å². The van der Waals surface area contributed by atoms with Crippen molar-refractivity contribution in [2.24, 2.45) is 11.7 Å². The third-order valence-electron chi connectivity index (χ3n) is 3.75. The van der Waals surface area contributed by atoms with Crippen molar-refractivity contribution in [1.29, 1.82) is 0 Å². The maximum absolute atomic E-state index is 12.5. The van der Waals surface area contributed by atoms with Crippen molar-refractivity contribution in [3.05, 3.63) is 23.8 Å². The Kier molecular flexibility index (Phi) is 6.55. The van der Waals surface area contributed by atoms with E-state index in [2.05, 4.69) is 10.0 Å². The highest BCUT2D eigenvalue weighted by Gasteiger charge is 2.25. The van der Waals surface area contributed by atoms with Gasteiger partial charge in [-0.15, -0.1) is 0 Å². The lowest BCUT2D eigenvalue weighted by Gasteiger charge is -2.22. The highest BCUT2D eigenvalue weighted by Crippen LogP contribution is 2.22. The molecule has 0 aliphatic heterocycles. The normalized spacial score (nSPS) is 15.0. The number of anilines is 1. The Morgan fingerprint density at radius 3 is 2.38 bits per heavy atom. The van der Waals surface area contributed by atoms with Gasteiger partial charge in [0.1, 0.15) is 0 Å². The van der Waals surface area contributed by atoms with Crippen LogP contribution in [0.1, 0.15) is 46.6 Å². The van der Waals surface area contributed by atoms with Crippen LogP contribution in [0.2, 0.25) is 0 Å². The fraction of sp³-hybridized carbons (Fsp3) is 0.588.